The number of amides is 1. The van der Waals surface area contributed by atoms with Crippen molar-refractivity contribution in [1.82, 2.24) is 24.6 Å². The Morgan fingerprint density at radius 2 is 1.97 bits per heavy atom. The van der Waals surface area contributed by atoms with Gasteiger partial charge in [0.25, 0.3) is 11.8 Å². The van der Waals surface area contributed by atoms with Gasteiger partial charge in [-0.15, -0.1) is 0 Å². The molecule has 1 fully saturated rings. The van der Waals surface area contributed by atoms with Gasteiger partial charge in [-0.1, -0.05) is 24.3 Å². The van der Waals surface area contributed by atoms with Crippen molar-refractivity contribution < 1.29 is 18.3 Å². The molecule has 2 aromatic carbocycles. The summed E-state index contributed by atoms with van der Waals surface area (Å²) < 4.78 is 36.4. The van der Waals surface area contributed by atoms with E-state index in [-0.39, 0.29) is 24.9 Å². The molecule has 1 aliphatic heterocycles. The van der Waals surface area contributed by atoms with Crippen molar-refractivity contribution >= 4 is 16.8 Å². The first-order valence-corrected chi connectivity index (χ1v) is 10.1. The van der Waals surface area contributed by atoms with Crippen LogP contribution in [0.5, 0.6) is 5.88 Å². The number of rotatable bonds is 4. The lowest BCUT2D eigenvalue weighted by molar-refractivity contribution is -0.131. The van der Waals surface area contributed by atoms with Crippen molar-refractivity contribution in [2.24, 2.45) is 0 Å². The van der Waals surface area contributed by atoms with Crippen molar-refractivity contribution in [1.29, 1.82) is 0 Å². The number of carbonyl (C=O) groups is 1. The highest BCUT2D eigenvalue weighted by molar-refractivity contribution is 5.94. The van der Waals surface area contributed by atoms with E-state index in [0.717, 1.165) is 5.39 Å². The number of hydrogen-bond donors (Lipinski definition) is 0. The largest absolute Gasteiger partial charge is 0.466 e. The number of carbonyl (C=O) groups excluding carboxylic acids is 1. The minimum absolute atomic E-state index is 0.0651. The van der Waals surface area contributed by atoms with E-state index in [4.69, 9.17) is 4.74 Å². The first-order chi connectivity index (χ1) is 15.5. The van der Waals surface area contributed by atoms with Crippen molar-refractivity contribution in [3.63, 3.8) is 0 Å². The Labute approximate surface area is 182 Å². The van der Waals surface area contributed by atoms with Gasteiger partial charge in [-0.05, 0) is 30.3 Å². The average Bonchev–Trinajstić information content (AvgIpc) is 3.35. The summed E-state index contributed by atoms with van der Waals surface area (Å²) in [5.74, 6) is -3.31. The summed E-state index contributed by atoms with van der Waals surface area (Å²) >= 11 is 0. The number of aromatic nitrogens is 4. The fraction of sp³-hybridized carbons (Fsp3) is 0.217. The Morgan fingerprint density at radius 1 is 1.09 bits per heavy atom. The van der Waals surface area contributed by atoms with E-state index >= 15 is 0 Å². The molecule has 32 heavy (non-hydrogen) atoms. The van der Waals surface area contributed by atoms with Crippen LogP contribution in [0.1, 0.15) is 16.8 Å². The molecule has 162 valence electrons. The number of benzene rings is 2. The molecule has 5 rings (SSSR count). The van der Waals surface area contributed by atoms with Crippen LogP contribution in [-0.4, -0.2) is 55.7 Å². The molecule has 0 bridgehead atoms. The first-order valence-electron chi connectivity index (χ1n) is 10.1. The van der Waals surface area contributed by atoms with Crippen molar-refractivity contribution in [2.75, 3.05) is 13.1 Å². The van der Waals surface area contributed by atoms with Crippen LogP contribution in [0, 0.1) is 0 Å². The standard InChI is InChI=1S/C23H19F2N5O2/c24-23(25)10-11-29(22(31)17-5-3-6-18(12-17)30-15-26-14-27-30)13-20(23)32-21-9-8-16-4-1-2-7-19(16)28-21/h1-9,12,14-15,20H,10-11,13H2. The molecule has 0 N–H and O–H groups in total. The maximum atomic E-state index is 14.6. The lowest BCUT2D eigenvalue weighted by atomic mass is 10.0. The summed E-state index contributed by atoms with van der Waals surface area (Å²) in [7, 11) is 0. The summed E-state index contributed by atoms with van der Waals surface area (Å²) in [6, 6.07) is 17.5. The number of hydrogen-bond acceptors (Lipinski definition) is 5. The van der Waals surface area contributed by atoms with Gasteiger partial charge >= 0.3 is 0 Å². The van der Waals surface area contributed by atoms with Gasteiger partial charge in [0.15, 0.2) is 6.10 Å². The zero-order valence-corrected chi connectivity index (χ0v) is 16.9. The van der Waals surface area contributed by atoms with E-state index in [2.05, 4.69) is 15.1 Å². The predicted octanol–water partition coefficient (Wildman–Crippen LogP) is 3.74. The van der Waals surface area contributed by atoms with Crippen LogP contribution in [0.3, 0.4) is 0 Å². The minimum atomic E-state index is -3.08. The third kappa shape index (κ3) is 3.89. The number of alkyl halides is 2. The van der Waals surface area contributed by atoms with Crippen LogP contribution in [0.4, 0.5) is 8.78 Å². The smallest absolute Gasteiger partial charge is 0.287 e. The van der Waals surface area contributed by atoms with Crippen LogP contribution in [0.2, 0.25) is 0 Å². The average molecular weight is 435 g/mol. The fourth-order valence-electron chi connectivity index (χ4n) is 3.74. The molecule has 0 radical (unpaired) electrons. The Balaban J connectivity index is 1.36. The number of likely N-dealkylation sites (tertiary alicyclic amines) is 1. The summed E-state index contributed by atoms with van der Waals surface area (Å²) in [5, 5.41) is 4.94. The quantitative estimate of drug-likeness (QED) is 0.488. The second-order valence-corrected chi connectivity index (χ2v) is 7.60. The second-order valence-electron chi connectivity index (χ2n) is 7.60. The number of halogens is 2. The molecule has 7 nitrogen and oxygen atoms in total. The monoisotopic (exact) mass is 435 g/mol. The number of pyridine rings is 1. The van der Waals surface area contributed by atoms with Gasteiger partial charge in [0.2, 0.25) is 5.88 Å². The van der Waals surface area contributed by atoms with Crippen LogP contribution in [0.25, 0.3) is 16.6 Å². The SMILES string of the molecule is O=C(c1cccc(-n2cncn2)c1)N1CCC(F)(F)C(Oc2ccc3ccccc3n2)C1. The first kappa shape index (κ1) is 20.0. The molecule has 0 spiro atoms. The zero-order chi connectivity index (χ0) is 22.1. The van der Waals surface area contributed by atoms with Crippen LogP contribution in [-0.2, 0) is 0 Å². The molecule has 3 heterocycles. The Bertz CT molecular complexity index is 1260. The van der Waals surface area contributed by atoms with E-state index < -0.39 is 18.4 Å². The second kappa shape index (κ2) is 7.99. The van der Waals surface area contributed by atoms with E-state index in [0.29, 0.717) is 16.8 Å². The van der Waals surface area contributed by atoms with Gasteiger partial charge in [0.05, 0.1) is 17.7 Å². The molecular formula is C23H19F2N5O2. The van der Waals surface area contributed by atoms with Crippen LogP contribution >= 0.6 is 0 Å². The molecule has 1 amide bonds. The van der Waals surface area contributed by atoms with Gasteiger partial charge in [-0.2, -0.15) is 5.10 Å². The number of piperidine rings is 1. The highest BCUT2D eigenvalue weighted by atomic mass is 19.3. The summed E-state index contributed by atoms with van der Waals surface area (Å²) in [5.41, 5.74) is 1.69. The molecular weight excluding hydrogens is 416 g/mol. The van der Waals surface area contributed by atoms with Crippen LogP contribution < -0.4 is 4.74 Å². The topological polar surface area (TPSA) is 73.1 Å². The van der Waals surface area contributed by atoms with E-state index in [1.165, 1.54) is 22.2 Å². The lowest BCUT2D eigenvalue weighted by Gasteiger charge is -2.38. The van der Waals surface area contributed by atoms with Gasteiger partial charge in [-0.3, -0.25) is 4.79 Å². The molecule has 1 atom stereocenters. The molecule has 1 aliphatic rings. The lowest BCUT2D eigenvalue weighted by Crippen LogP contribution is -2.55. The molecule has 0 saturated carbocycles. The highest BCUT2D eigenvalue weighted by Gasteiger charge is 2.47. The van der Waals surface area contributed by atoms with Gasteiger partial charge in [0, 0.05) is 30.0 Å². The minimum Gasteiger partial charge on any atom is -0.466 e. The van der Waals surface area contributed by atoms with Crippen molar-refractivity contribution in [3.05, 3.63) is 78.9 Å². The Morgan fingerprint density at radius 3 is 2.81 bits per heavy atom. The predicted molar refractivity (Wildman–Crippen MR) is 113 cm³/mol. The highest BCUT2D eigenvalue weighted by Crippen LogP contribution is 2.32. The molecule has 1 unspecified atom stereocenters. The van der Waals surface area contributed by atoms with Crippen molar-refractivity contribution in [2.45, 2.75) is 18.4 Å². The third-order valence-electron chi connectivity index (χ3n) is 5.47. The van der Waals surface area contributed by atoms with Crippen molar-refractivity contribution in [3.8, 4) is 11.6 Å². The number of fused-ring (bicyclic) bond motifs is 1. The number of ether oxygens (including phenoxy) is 1. The van der Waals surface area contributed by atoms with Crippen LogP contribution in [0.15, 0.2) is 73.3 Å². The van der Waals surface area contributed by atoms with Gasteiger partial charge < -0.3 is 9.64 Å². The van der Waals surface area contributed by atoms with Gasteiger partial charge in [0.1, 0.15) is 12.7 Å². The maximum Gasteiger partial charge on any atom is 0.287 e. The summed E-state index contributed by atoms with van der Waals surface area (Å²) in [4.78, 5) is 22.7. The maximum absolute atomic E-state index is 14.6. The van der Waals surface area contributed by atoms with E-state index in [9.17, 15) is 13.6 Å². The number of para-hydroxylation sites is 1. The third-order valence-corrected chi connectivity index (χ3v) is 5.47. The molecule has 9 heteroatoms. The number of nitrogens with zero attached hydrogens (tertiary/aromatic N) is 5. The zero-order valence-electron chi connectivity index (χ0n) is 16.9. The molecule has 1 saturated heterocycles. The molecule has 0 aliphatic carbocycles. The van der Waals surface area contributed by atoms with E-state index in [1.54, 1.807) is 42.5 Å². The molecule has 4 aromatic rings. The Hall–Kier alpha value is -3.88. The summed E-state index contributed by atoms with van der Waals surface area (Å²) in [6.45, 7) is -0.307. The molecule has 2 aromatic heterocycles. The van der Waals surface area contributed by atoms with Gasteiger partial charge in [-0.25, -0.2) is 23.4 Å². The Kier molecular flexibility index (Phi) is 5.01. The fourth-order valence-corrected chi connectivity index (χ4v) is 3.74. The summed E-state index contributed by atoms with van der Waals surface area (Å²) in [6.07, 6.45) is 0.933. The van der Waals surface area contributed by atoms with E-state index in [1.807, 2.05) is 18.2 Å². The normalized spacial score (nSPS) is 17.9.